The molecule has 1 saturated heterocycles. The van der Waals surface area contributed by atoms with Crippen LogP contribution in [0.3, 0.4) is 0 Å². The van der Waals surface area contributed by atoms with Crippen molar-refractivity contribution in [3.8, 4) is 11.5 Å². The fourth-order valence-electron chi connectivity index (χ4n) is 2.92. The number of esters is 1. The topological polar surface area (TPSA) is 99.0 Å². The highest BCUT2D eigenvalue weighted by molar-refractivity contribution is 8.26. The Hall–Kier alpha value is -3.24. The van der Waals surface area contributed by atoms with E-state index in [4.69, 9.17) is 21.7 Å². The Labute approximate surface area is 194 Å². The Morgan fingerprint density at radius 2 is 2.03 bits per heavy atom. The molecule has 0 aliphatic carbocycles. The van der Waals surface area contributed by atoms with E-state index in [0.29, 0.717) is 21.3 Å². The number of carbonyl (C=O) groups excluding carboxylic acids is 2. The molecule has 0 atom stereocenters. The zero-order valence-electron chi connectivity index (χ0n) is 17.4. The maximum atomic E-state index is 12.6. The number of benzene rings is 2. The van der Waals surface area contributed by atoms with E-state index in [1.165, 1.54) is 43.1 Å². The van der Waals surface area contributed by atoms with Crippen LogP contribution in [-0.2, 0) is 4.79 Å². The molecule has 1 amide bonds. The van der Waals surface area contributed by atoms with Crippen molar-refractivity contribution < 1.29 is 24.0 Å². The van der Waals surface area contributed by atoms with E-state index in [1.54, 1.807) is 23.1 Å². The number of ether oxygens (including phenoxy) is 2. The van der Waals surface area contributed by atoms with E-state index in [1.807, 2.05) is 6.92 Å². The molecule has 0 radical (unpaired) electrons. The van der Waals surface area contributed by atoms with Crippen molar-refractivity contribution in [2.75, 3.05) is 13.7 Å². The molecule has 0 unspecified atom stereocenters. The molecule has 32 heavy (non-hydrogen) atoms. The predicted molar refractivity (Wildman–Crippen MR) is 126 cm³/mol. The number of unbranched alkanes of at least 4 members (excludes halogenated alkanes) is 1. The van der Waals surface area contributed by atoms with Crippen LogP contribution in [0.15, 0.2) is 47.4 Å². The van der Waals surface area contributed by atoms with Crippen molar-refractivity contribution in [1.82, 2.24) is 4.90 Å². The summed E-state index contributed by atoms with van der Waals surface area (Å²) in [5, 5.41) is 10.9. The maximum absolute atomic E-state index is 12.6. The number of thioether (sulfide) groups is 1. The summed E-state index contributed by atoms with van der Waals surface area (Å²) in [6.07, 6.45) is 3.54. The van der Waals surface area contributed by atoms with Gasteiger partial charge in [0.1, 0.15) is 4.32 Å². The summed E-state index contributed by atoms with van der Waals surface area (Å²) in [6.45, 7) is 2.64. The first kappa shape index (κ1) is 23.4. The maximum Gasteiger partial charge on any atom is 0.343 e. The normalized spacial score (nSPS) is 14.7. The number of nitro groups is 1. The smallest absolute Gasteiger partial charge is 0.343 e. The zero-order chi connectivity index (χ0) is 23.3. The fraction of sp³-hybridized carbons (Fsp3) is 0.227. The molecule has 0 saturated carbocycles. The predicted octanol–water partition coefficient (Wildman–Crippen LogP) is 4.82. The molecule has 1 heterocycles. The van der Waals surface area contributed by atoms with Crippen molar-refractivity contribution in [2.45, 2.75) is 19.8 Å². The van der Waals surface area contributed by atoms with Gasteiger partial charge in [0.15, 0.2) is 11.5 Å². The Morgan fingerprint density at radius 3 is 2.72 bits per heavy atom. The first-order valence-electron chi connectivity index (χ1n) is 9.74. The Bertz CT molecular complexity index is 1120. The average Bonchev–Trinajstić information content (AvgIpc) is 3.05. The molecule has 1 aliphatic heterocycles. The first-order valence-corrected chi connectivity index (χ1v) is 11.0. The number of hydrogen-bond donors (Lipinski definition) is 0. The second-order valence-corrected chi connectivity index (χ2v) is 8.47. The van der Waals surface area contributed by atoms with E-state index < -0.39 is 10.9 Å². The van der Waals surface area contributed by atoms with Gasteiger partial charge in [-0.1, -0.05) is 49.5 Å². The van der Waals surface area contributed by atoms with Gasteiger partial charge >= 0.3 is 5.97 Å². The molecule has 1 fully saturated rings. The third-order valence-electron chi connectivity index (χ3n) is 4.59. The van der Waals surface area contributed by atoms with Crippen LogP contribution < -0.4 is 9.47 Å². The van der Waals surface area contributed by atoms with Gasteiger partial charge in [-0.05, 0) is 36.3 Å². The number of hydrogen-bond acceptors (Lipinski definition) is 8. The lowest BCUT2D eigenvalue weighted by Crippen LogP contribution is -2.28. The van der Waals surface area contributed by atoms with E-state index >= 15 is 0 Å². The van der Waals surface area contributed by atoms with Crippen LogP contribution >= 0.6 is 24.0 Å². The Morgan fingerprint density at radius 1 is 1.25 bits per heavy atom. The van der Waals surface area contributed by atoms with E-state index in [-0.39, 0.29) is 28.7 Å². The van der Waals surface area contributed by atoms with E-state index in [2.05, 4.69) is 0 Å². The van der Waals surface area contributed by atoms with Crippen molar-refractivity contribution in [3.05, 3.63) is 68.6 Å². The SMILES string of the molecule is CCCCN1C(=O)/C(=C\c2ccc(OC(=O)c3cccc([N+](=O)[O-])c3)c(OC)c2)SC1=S. The summed E-state index contributed by atoms with van der Waals surface area (Å²) < 4.78 is 11.2. The van der Waals surface area contributed by atoms with Gasteiger partial charge in [-0.15, -0.1) is 0 Å². The highest BCUT2D eigenvalue weighted by Crippen LogP contribution is 2.35. The van der Waals surface area contributed by atoms with Crippen LogP contribution in [0.2, 0.25) is 0 Å². The third-order valence-corrected chi connectivity index (χ3v) is 5.97. The molecule has 8 nitrogen and oxygen atoms in total. The van der Waals surface area contributed by atoms with Gasteiger partial charge in [0.05, 0.1) is 22.5 Å². The number of rotatable bonds is 8. The molecule has 0 aromatic heterocycles. The van der Waals surface area contributed by atoms with Gasteiger partial charge in [0, 0.05) is 18.7 Å². The first-order chi connectivity index (χ1) is 15.3. The highest BCUT2D eigenvalue weighted by Gasteiger charge is 2.31. The second-order valence-electron chi connectivity index (χ2n) is 6.79. The second kappa shape index (κ2) is 10.4. The number of carbonyl (C=O) groups is 2. The summed E-state index contributed by atoms with van der Waals surface area (Å²) in [4.78, 5) is 37.5. The van der Waals surface area contributed by atoms with Gasteiger partial charge in [-0.3, -0.25) is 19.8 Å². The molecule has 1 aliphatic rings. The number of amides is 1. The van der Waals surface area contributed by atoms with Crippen LogP contribution in [0.5, 0.6) is 11.5 Å². The molecule has 2 aromatic rings. The summed E-state index contributed by atoms with van der Waals surface area (Å²) >= 11 is 6.56. The molecule has 2 aromatic carbocycles. The van der Waals surface area contributed by atoms with Gasteiger partial charge in [-0.2, -0.15) is 0 Å². The summed E-state index contributed by atoms with van der Waals surface area (Å²) in [6, 6.07) is 10.1. The van der Waals surface area contributed by atoms with Crippen LogP contribution in [0, 0.1) is 10.1 Å². The fourth-order valence-corrected chi connectivity index (χ4v) is 4.23. The van der Waals surface area contributed by atoms with Crippen molar-refractivity contribution >= 4 is 51.9 Å². The summed E-state index contributed by atoms with van der Waals surface area (Å²) in [5.41, 5.74) is 0.507. The molecule has 3 rings (SSSR count). The summed E-state index contributed by atoms with van der Waals surface area (Å²) in [5.74, 6) is -0.458. The minimum Gasteiger partial charge on any atom is -0.493 e. The minimum atomic E-state index is -0.753. The lowest BCUT2D eigenvalue weighted by Gasteiger charge is -2.13. The largest absolute Gasteiger partial charge is 0.493 e. The van der Waals surface area contributed by atoms with Crippen molar-refractivity contribution in [2.24, 2.45) is 0 Å². The molecule has 0 bridgehead atoms. The number of methoxy groups -OCH3 is 1. The van der Waals surface area contributed by atoms with Crippen LogP contribution in [-0.4, -0.2) is 39.7 Å². The Kier molecular flexibility index (Phi) is 7.60. The standard InChI is InChI=1S/C22H20N2O6S2/c1-3-4-10-23-20(25)19(32-22(23)31)12-14-8-9-17(18(11-14)29-2)30-21(26)15-6-5-7-16(13-15)24(27)28/h5-9,11-13H,3-4,10H2,1-2H3/b19-12+. The summed E-state index contributed by atoms with van der Waals surface area (Å²) in [7, 11) is 1.42. The van der Waals surface area contributed by atoms with Crippen molar-refractivity contribution in [3.63, 3.8) is 0 Å². The van der Waals surface area contributed by atoms with Crippen LogP contribution in [0.4, 0.5) is 5.69 Å². The van der Waals surface area contributed by atoms with Gasteiger partial charge in [0.25, 0.3) is 11.6 Å². The number of non-ortho nitro benzene ring substituents is 1. The molecule has 0 spiro atoms. The number of thiocarbonyl (C=S) groups is 1. The van der Waals surface area contributed by atoms with Crippen molar-refractivity contribution in [1.29, 1.82) is 0 Å². The Balaban J connectivity index is 1.79. The number of nitrogens with zero attached hydrogens (tertiary/aromatic N) is 2. The lowest BCUT2D eigenvalue weighted by atomic mass is 10.1. The lowest BCUT2D eigenvalue weighted by molar-refractivity contribution is -0.384. The van der Waals surface area contributed by atoms with Crippen LogP contribution in [0.1, 0.15) is 35.7 Å². The van der Waals surface area contributed by atoms with Crippen LogP contribution in [0.25, 0.3) is 6.08 Å². The minimum absolute atomic E-state index is 0.0427. The molecule has 166 valence electrons. The van der Waals surface area contributed by atoms with Gasteiger partial charge < -0.3 is 9.47 Å². The third kappa shape index (κ3) is 5.32. The molecular formula is C22H20N2O6S2. The van der Waals surface area contributed by atoms with E-state index in [0.717, 1.165) is 18.9 Å². The molecule has 0 N–H and O–H groups in total. The highest BCUT2D eigenvalue weighted by atomic mass is 32.2. The molecular weight excluding hydrogens is 452 g/mol. The zero-order valence-corrected chi connectivity index (χ0v) is 19.0. The average molecular weight is 473 g/mol. The number of nitro benzene ring substituents is 1. The quantitative estimate of drug-likeness (QED) is 0.135. The monoisotopic (exact) mass is 472 g/mol. The molecule has 10 heteroatoms. The van der Waals surface area contributed by atoms with Gasteiger partial charge in [0.2, 0.25) is 0 Å². The van der Waals surface area contributed by atoms with Gasteiger partial charge in [-0.25, -0.2) is 4.79 Å². The van der Waals surface area contributed by atoms with E-state index in [9.17, 15) is 19.7 Å².